The molecule has 35 heavy (non-hydrogen) atoms. The number of hydrogen-bond donors (Lipinski definition) is 2. The number of hydrogen-bond acceptors (Lipinski definition) is 4. The minimum Gasteiger partial charge on any atom is -0.503 e. The van der Waals surface area contributed by atoms with Crippen molar-refractivity contribution < 1.29 is 24.6 Å². The summed E-state index contributed by atoms with van der Waals surface area (Å²) in [5.74, 6) is -2.77. The first-order valence-corrected chi connectivity index (χ1v) is 11.2. The highest BCUT2D eigenvalue weighted by molar-refractivity contribution is 6.20. The molecule has 1 heterocycles. The van der Waals surface area contributed by atoms with Gasteiger partial charge in [-0.15, -0.1) is 0 Å². The Balaban J connectivity index is 1.81. The Kier molecular flexibility index (Phi) is 6.64. The third-order valence-corrected chi connectivity index (χ3v) is 5.99. The van der Waals surface area contributed by atoms with E-state index in [4.69, 9.17) is 0 Å². The molecular formula is C29H25NO5. The van der Waals surface area contributed by atoms with Crippen LogP contribution in [0.4, 0.5) is 5.69 Å². The second kappa shape index (κ2) is 9.81. The van der Waals surface area contributed by atoms with Crippen LogP contribution in [-0.2, 0) is 9.59 Å². The summed E-state index contributed by atoms with van der Waals surface area (Å²) in [4.78, 5) is 39.3. The zero-order chi connectivity index (χ0) is 25.1. The minimum atomic E-state index is -1.14. The zero-order valence-electron chi connectivity index (χ0n) is 19.4. The second-order valence-electron chi connectivity index (χ2n) is 8.63. The topological polar surface area (TPSA) is 94.9 Å². The number of aromatic carboxylic acids is 1. The molecule has 1 aliphatic rings. The quantitative estimate of drug-likeness (QED) is 0.435. The lowest BCUT2D eigenvalue weighted by Gasteiger charge is -2.27. The van der Waals surface area contributed by atoms with Gasteiger partial charge in [0.2, 0.25) is 0 Å². The molecule has 2 N–H and O–H groups in total. The fraction of sp³-hybridized carbons (Fsp3) is 0.138. The van der Waals surface area contributed by atoms with Gasteiger partial charge >= 0.3 is 5.97 Å². The first-order chi connectivity index (χ1) is 16.8. The van der Waals surface area contributed by atoms with Crippen molar-refractivity contribution in [3.05, 3.63) is 119 Å². The van der Waals surface area contributed by atoms with E-state index in [-0.39, 0.29) is 22.7 Å². The number of aliphatic hydroxyl groups is 1. The number of ketones is 1. The van der Waals surface area contributed by atoms with E-state index in [0.717, 1.165) is 11.1 Å². The van der Waals surface area contributed by atoms with Crippen molar-refractivity contribution in [2.75, 3.05) is 4.90 Å². The largest absolute Gasteiger partial charge is 0.503 e. The number of allylic oxidation sites excluding steroid dienone is 1. The average molecular weight is 468 g/mol. The van der Waals surface area contributed by atoms with Crippen molar-refractivity contribution in [3.8, 4) is 0 Å². The SMILES string of the molecule is CC(C)c1ccc(C2C(C(=O)/C=C/c3ccccc3)=C(O)C(=O)N2c2cccc(C(=O)O)c2)cc1. The average Bonchev–Trinajstić information content (AvgIpc) is 3.13. The predicted molar refractivity (Wildman–Crippen MR) is 134 cm³/mol. The van der Waals surface area contributed by atoms with Crippen molar-refractivity contribution in [1.82, 2.24) is 0 Å². The van der Waals surface area contributed by atoms with E-state index < -0.39 is 29.5 Å². The number of amides is 1. The van der Waals surface area contributed by atoms with Gasteiger partial charge in [0, 0.05) is 5.69 Å². The Morgan fingerprint density at radius 3 is 2.26 bits per heavy atom. The maximum Gasteiger partial charge on any atom is 0.335 e. The standard InChI is InChI=1S/C29H25NO5/c1-18(2)20-12-14-21(15-13-20)26-25(24(31)16-11-19-7-4-3-5-8-19)27(32)28(33)30(26)23-10-6-9-22(17-23)29(34)35/h3-18,26,32H,1-2H3,(H,34,35)/b16-11+. The summed E-state index contributed by atoms with van der Waals surface area (Å²) in [5, 5.41) is 20.3. The summed E-state index contributed by atoms with van der Waals surface area (Å²) in [5.41, 5.74) is 2.72. The van der Waals surface area contributed by atoms with Crippen LogP contribution in [0.25, 0.3) is 6.08 Å². The molecule has 0 radical (unpaired) electrons. The summed E-state index contributed by atoms with van der Waals surface area (Å²) in [6, 6.07) is 21.7. The lowest BCUT2D eigenvalue weighted by atomic mass is 9.93. The predicted octanol–water partition coefficient (Wildman–Crippen LogP) is 5.69. The van der Waals surface area contributed by atoms with Crippen molar-refractivity contribution in [3.63, 3.8) is 0 Å². The van der Waals surface area contributed by atoms with Crippen LogP contribution in [0, 0.1) is 0 Å². The van der Waals surface area contributed by atoms with Gasteiger partial charge < -0.3 is 10.2 Å². The fourth-order valence-electron chi connectivity index (χ4n) is 4.12. The zero-order valence-corrected chi connectivity index (χ0v) is 19.4. The number of carboxylic acid groups (broad SMARTS) is 1. The molecule has 0 bridgehead atoms. The smallest absolute Gasteiger partial charge is 0.335 e. The number of rotatable bonds is 7. The molecular weight excluding hydrogens is 442 g/mol. The summed E-state index contributed by atoms with van der Waals surface area (Å²) < 4.78 is 0. The van der Waals surface area contributed by atoms with E-state index >= 15 is 0 Å². The monoisotopic (exact) mass is 467 g/mol. The molecule has 1 aliphatic heterocycles. The number of carboxylic acids is 1. The molecule has 3 aromatic rings. The minimum absolute atomic E-state index is 0.00699. The van der Waals surface area contributed by atoms with E-state index in [2.05, 4.69) is 13.8 Å². The van der Waals surface area contributed by atoms with E-state index in [1.54, 1.807) is 12.1 Å². The summed E-state index contributed by atoms with van der Waals surface area (Å²) in [6.45, 7) is 4.12. The highest BCUT2D eigenvalue weighted by Crippen LogP contribution is 2.41. The van der Waals surface area contributed by atoms with Crippen LogP contribution < -0.4 is 4.90 Å². The Hall–Kier alpha value is -4.45. The summed E-state index contributed by atoms with van der Waals surface area (Å²) >= 11 is 0. The van der Waals surface area contributed by atoms with Crippen molar-refractivity contribution >= 4 is 29.4 Å². The number of aliphatic hydroxyl groups excluding tert-OH is 1. The third-order valence-electron chi connectivity index (χ3n) is 5.99. The maximum atomic E-state index is 13.3. The molecule has 0 saturated carbocycles. The molecule has 0 aliphatic carbocycles. The van der Waals surface area contributed by atoms with Crippen LogP contribution in [0.3, 0.4) is 0 Å². The van der Waals surface area contributed by atoms with Gasteiger partial charge in [-0.25, -0.2) is 4.79 Å². The second-order valence-corrected chi connectivity index (χ2v) is 8.63. The Labute approximate surface area is 203 Å². The molecule has 0 spiro atoms. The van der Waals surface area contributed by atoms with Crippen molar-refractivity contribution in [1.29, 1.82) is 0 Å². The number of nitrogens with zero attached hydrogens (tertiary/aromatic N) is 1. The van der Waals surface area contributed by atoms with Gasteiger partial charge in [-0.3, -0.25) is 14.5 Å². The maximum absolute atomic E-state index is 13.3. The normalized spacial score (nSPS) is 15.9. The van der Waals surface area contributed by atoms with Gasteiger partial charge in [0.05, 0.1) is 17.2 Å². The van der Waals surface area contributed by atoms with Gasteiger partial charge in [-0.05, 0) is 46.9 Å². The molecule has 4 rings (SSSR count). The number of carbonyl (C=O) groups is 3. The molecule has 176 valence electrons. The Morgan fingerprint density at radius 1 is 0.943 bits per heavy atom. The first kappa shape index (κ1) is 23.7. The van der Waals surface area contributed by atoms with Crippen molar-refractivity contribution in [2.45, 2.75) is 25.8 Å². The molecule has 1 atom stereocenters. The van der Waals surface area contributed by atoms with Gasteiger partial charge in [-0.2, -0.15) is 0 Å². The lowest BCUT2D eigenvalue weighted by molar-refractivity contribution is -0.117. The van der Waals surface area contributed by atoms with Gasteiger partial charge in [0.15, 0.2) is 11.5 Å². The molecule has 1 unspecified atom stereocenters. The lowest BCUT2D eigenvalue weighted by Crippen LogP contribution is -2.31. The first-order valence-electron chi connectivity index (χ1n) is 11.2. The highest BCUT2D eigenvalue weighted by Gasteiger charge is 2.43. The van der Waals surface area contributed by atoms with Crippen LogP contribution in [0.2, 0.25) is 0 Å². The molecule has 6 heteroatoms. The molecule has 3 aromatic carbocycles. The Bertz CT molecular complexity index is 1340. The molecule has 0 fully saturated rings. The third kappa shape index (κ3) is 4.77. The van der Waals surface area contributed by atoms with E-state index in [1.807, 2.05) is 54.6 Å². The van der Waals surface area contributed by atoms with Crippen LogP contribution >= 0.6 is 0 Å². The molecule has 0 aromatic heterocycles. The number of benzene rings is 3. The van der Waals surface area contributed by atoms with Gasteiger partial charge in [0.1, 0.15) is 0 Å². The van der Waals surface area contributed by atoms with Gasteiger partial charge in [0.25, 0.3) is 5.91 Å². The fourth-order valence-corrected chi connectivity index (χ4v) is 4.12. The molecule has 0 saturated heterocycles. The number of anilines is 1. The van der Waals surface area contributed by atoms with Crippen LogP contribution in [0.15, 0.2) is 96.3 Å². The van der Waals surface area contributed by atoms with Crippen LogP contribution in [0.1, 0.15) is 52.9 Å². The molecule has 1 amide bonds. The van der Waals surface area contributed by atoms with E-state index in [1.165, 1.54) is 29.2 Å². The summed E-state index contributed by atoms with van der Waals surface area (Å²) in [7, 11) is 0. The molecule has 6 nitrogen and oxygen atoms in total. The van der Waals surface area contributed by atoms with E-state index in [9.17, 15) is 24.6 Å². The van der Waals surface area contributed by atoms with Crippen LogP contribution in [0.5, 0.6) is 0 Å². The number of carbonyl (C=O) groups excluding carboxylic acids is 2. The highest BCUT2D eigenvalue weighted by atomic mass is 16.4. The van der Waals surface area contributed by atoms with Crippen molar-refractivity contribution in [2.24, 2.45) is 0 Å². The summed E-state index contributed by atoms with van der Waals surface area (Å²) in [6.07, 6.45) is 2.96. The Morgan fingerprint density at radius 2 is 1.63 bits per heavy atom. The van der Waals surface area contributed by atoms with Gasteiger partial charge in [-0.1, -0.05) is 80.6 Å². The van der Waals surface area contributed by atoms with Crippen LogP contribution in [-0.4, -0.2) is 27.9 Å². The van der Waals surface area contributed by atoms with E-state index in [0.29, 0.717) is 5.56 Å².